The molecule has 0 spiro atoms. The van der Waals surface area contributed by atoms with Crippen LogP contribution in [0.15, 0.2) is 78.0 Å². The number of fused-ring (bicyclic) bond motifs is 1. The van der Waals surface area contributed by atoms with Crippen molar-refractivity contribution in [1.82, 2.24) is 20.2 Å². The van der Waals surface area contributed by atoms with Gasteiger partial charge in [0.2, 0.25) is 5.16 Å². The number of aryl methyl sites for hydroxylation is 1. The lowest BCUT2D eigenvalue weighted by Gasteiger charge is -2.41. The smallest absolute Gasteiger partial charge is 0.266 e. The lowest BCUT2D eigenvalue weighted by molar-refractivity contribution is -0.268. The first-order valence-corrected chi connectivity index (χ1v) is 13.9. The molecule has 2 aliphatic heterocycles. The number of aliphatic hydroxyl groups is 1. The molecule has 0 bridgehead atoms. The fourth-order valence-electron chi connectivity index (χ4n) is 5.01. The van der Waals surface area contributed by atoms with E-state index in [0.29, 0.717) is 27.7 Å². The van der Waals surface area contributed by atoms with Crippen molar-refractivity contribution < 1.29 is 24.2 Å². The number of carbonyl (C=O) groups is 2. The molecule has 204 valence electrons. The van der Waals surface area contributed by atoms with Crippen molar-refractivity contribution in [1.29, 1.82) is 0 Å². The summed E-state index contributed by atoms with van der Waals surface area (Å²) in [7, 11) is 1.79. The third-order valence-electron chi connectivity index (χ3n) is 7.30. The number of thioether (sulfide) groups is 1. The van der Waals surface area contributed by atoms with E-state index in [4.69, 9.17) is 9.47 Å². The van der Waals surface area contributed by atoms with Gasteiger partial charge in [-0.3, -0.25) is 9.59 Å². The number of ether oxygens (including phenoxy) is 2. The van der Waals surface area contributed by atoms with Gasteiger partial charge in [0.1, 0.15) is 0 Å². The largest absolute Gasteiger partial charge is 0.392 e. The van der Waals surface area contributed by atoms with Crippen molar-refractivity contribution >= 4 is 29.3 Å². The summed E-state index contributed by atoms with van der Waals surface area (Å²) in [6.07, 6.45) is -1.15. The minimum Gasteiger partial charge on any atom is -0.392 e. The number of benzene rings is 3. The van der Waals surface area contributed by atoms with Crippen LogP contribution in [-0.4, -0.2) is 49.0 Å². The van der Waals surface area contributed by atoms with E-state index in [1.165, 1.54) is 16.7 Å². The third-order valence-corrected chi connectivity index (χ3v) is 8.40. The van der Waals surface area contributed by atoms with E-state index in [0.717, 1.165) is 16.7 Å². The van der Waals surface area contributed by atoms with E-state index < -0.39 is 6.29 Å². The van der Waals surface area contributed by atoms with E-state index >= 15 is 0 Å². The van der Waals surface area contributed by atoms with Crippen molar-refractivity contribution in [3.63, 3.8) is 0 Å². The molecule has 40 heavy (non-hydrogen) atoms. The van der Waals surface area contributed by atoms with Crippen LogP contribution in [0.2, 0.25) is 0 Å². The summed E-state index contributed by atoms with van der Waals surface area (Å²) in [4.78, 5) is 27.1. The van der Waals surface area contributed by atoms with E-state index in [-0.39, 0.29) is 36.5 Å². The van der Waals surface area contributed by atoms with Gasteiger partial charge >= 0.3 is 0 Å². The van der Waals surface area contributed by atoms with Crippen molar-refractivity contribution in [3.8, 4) is 0 Å². The first-order valence-electron chi connectivity index (χ1n) is 12.9. The van der Waals surface area contributed by atoms with Gasteiger partial charge in [-0.2, -0.15) is 0 Å². The molecule has 1 fully saturated rings. The molecular formula is C29H27N5O5S. The number of aliphatic hydroxyl groups excluding tert-OH is 1. The molecule has 6 rings (SSSR count). The van der Waals surface area contributed by atoms with Crippen LogP contribution in [0.3, 0.4) is 0 Å². The zero-order chi connectivity index (χ0) is 27.8. The van der Waals surface area contributed by atoms with Crippen LogP contribution < -0.4 is 4.90 Å². The molecule has 0 aliphatic carbocycles. The molecule has 10 nitrogen and oxygen atoms in total. The van der Waals surface area contributed by atoms with Crippen LogP contribution >= 0.6 is 11.8 Å². The van der Waals surface area contributed by atoms with Crippen LogP contribution in [-0.2, 0) is 23.1 Å². The van der Waals surface area contributed by atoms with Gasteiger partial charge in [-0.15, -0.1) is 5.10 Å². The predicted molar refractivity (Wildman–Crippen MR) is 147 cm³/mol. The predicted octanol–water partition coefficient (Wildman–Crippen LogP) is 4.09. The summed E-state index contributed by atoms with van der Waals surface area (Å²) in [5.74, 6) is -0.0705. The average molecular weight is 558 g/mol. The second-order valence-electron chi connectivity index (χ2n) is 9.80. The summed E-state index contributed by atoms with van der Waals surface area (Å²) in [6, 6.07) is 21.7. The Morgan fingerprint density at radius 1 is 0.900 bits per heavy atom. The van der Waals surface area contributed by atoms with Crippen molar-refractivity contribution in [2.24, 2.45) is 13.0 Å². The minimum atomic E-state index is -0.682. The first kappa shape index (κ1) is 26.3. The van der Waals surface area contributed by atoms with Crippen LogP contribution in [0.4, 0.5) is 5.69 Å². The Morgan fingerprint density at radius 3 is 2.15 bits per heavy atom. The molecule has 4 aromatic rings. The molecule has 1 N–H and O–H groups in total. The molecule has 1 saturated heterocycles. The van der Waals surface area contributed by atoms with Crippen LogP contribution in [0, 0.1) is 5.92 Å². The number of hydrogen-bond donors (Lipinski definition) is 1. The standard InChI is InChI=1S/C29H27N5O5S/c1-17-24(16-40-29-30-31-32-33(29)2)38-28(39-25(17)19-9-7-18(15-35)8-10-19)20-11-13-21(14-12-20)34-26(36)22-5-3-4-6-23(22)27(34)37/h3-14,17,24-25,28,35H,15-16H2,1-2H3/t17-,24+,25+,28+/m0/s1. The third kappa shape index (κ3) is 4.81. The number of imide groups is 1. The Bertz CT molecular complexity index is 1510. The number of hydrogen-bond acceptors (Lipinski definition) is 9. The maximum atomic E-state index is 12.9. The van der Waals surface area contributed by atoms with Gasteiger partial charge in [0, 0.05) is 24.3 Å². The Hall–Kier alpha value is -3.90. The summed E-state index contributed by atoms with van der Waals surface area (Å²) in [5.41, 5.74) is 3.86. The van der Waals surface area contributed by atoms with Crippen molar-refractivity contribution in [2.45, 2.75) is 37.2 Å². The Balaban J connectivity index is 1.26. The van der Waals surface area contributed by atoms with E-state index in [2.05, 4.69) is 22.4 Å². The summed E-state index contributed by atoms with van der Waals surface area (Å²) >= 11 is 1.51. The van der Waals surface area contributed by atoms with Gasteiger partial charge in [0.15, 0.2) is 6.29 Å². The first-order chi connectivity index (χ1) is 19.4. The number of aromatic nitrogens is 4. The Kier molecular flexibility index (Phi) is 7.20. The van der Waals surface area contributed by atoms with Gasteiger partial charge in [-0.05, 0) is 45.8 Å². The topological polar surface area (TPSA) is 120 Å². The van der Waals surface area contributed by atoms with Gasteiger partial charge < -0.3 is 14.6 Å². The number of rotatable bonds is 7. The fraction of sp³-hybridized carbons (Fsp3) is 0.276. The lowest BCUT2D eigenvalue weighted by atomic mass is 9.91. The van der Waals surface area contributed by atoms with Crippen LogP contribution in [0.1, 0.15) is 56.7 Å². The lowest BCUT2D eigenvalue weighted by Crippen LogP contribution is -2.38. The van der Waals surface area contributed by atoms with Crippen LogP contribution in [0.5, 0.6) is 0 Å². The molecular weight excluding hydrogens is 530 g/mol. The molecule has 0 radical (unpaired) electrons. The quantitative estimate of drug-likeness (QED) is 0.265. The fourth-order valence-corrected chi connectivity index (χ4v) is 6.03. The van der Waals surface area contributed by atoms with Gasteiger partial charge in [0.05, 0.1) is 35.6 Å². The number of carbonyl (C=O) groups excluding carboxylic acids is 2. The summed E-state index contributed by atoms with van der Waals surface area (Å²) in [5, 5.41) is 21.8. The maximum Gasteiger partial charge on any atom is 0.266 e. The number of amides is 2. The minimum absolute atomic E-state index is 0.00235. The summed E-state index contributed by atoms with van der Waals surface area (Å²) in [6.45, 7) is 2.06. The highest BCUT2D eigenvalue weighted by atomic mass is 32.2. The van der Waals surface area contributed by atoms with E-state index in [1.54, 1.807) is 48.1 Å². The van der Waals surface area contributed by atoms with Crippen LogP contribution in [0.25, 0.3) is 0 Å². The highest BCUT2D eigenvalue weighted by Crippen LogP contribution is 2.43. The highest BCUT2D eigenvalue weighted by molar-refractivity contribution is 7.99. The zero-order valence-corrected chi connectivity index (χ0v) is 22.7. The molecule has 4 atom stereocenters. The Morgan fingerprint density at radius 2 is 1.55 bits per heavy atom. The molecule has 0 unspecified atom stereocenters. The van der Waals surface area contributed by atoms with Gasteiger partial charge in [-0.1, -0.05) is 67.2 Å². The van der Waals surface area contributed by atoms with Gasteiger partial charge in [0.25, 0.3) is 11.8 Å². The normalized spacial score (nSPS) is 22.5. The second-order valence-corrected chi connectivity index (χ2v) is 10.8. The second kappa shape index (κ2) is 10.9. The number of anilines is 1. The number of nitrogens with zero attached hydrogens (tertiary/aromatic N) is 5. The zero-order valence-electron chi connectivity index (χ0n) is 21.9. The van der Waals surface area contributed by atoms with E-state index in [9.17, 15) is 14.7 Å². The molecule has 2 aliphatic rings. The monoisotopic (exact) mass is 557 g/mol. The molecule has 2 amide bonds. The van der Waals surface area contributed by atoms with Crippen molar-refractivity contribution in [2.75, 3.05) is 10.7 Å². The SMILES string of the molecule is C[C@H]1[C@@H](CSc2nnnn2C)O[C@@H](c2ccc(N3C(=O)c4ccccc4C3=O)cc2)O[C@H]1c1ccc(CO)cc1. The maximum absolute atomic E-state index is 12.9. The van der Waals surface area contributed by atoms with E-state index in [1.807, 2.05) is 36.4 Å². The molecule has 1 aromatic heterocycles. The van der Waals surface area contributed by atoms with Gasteiger partial charge in [-0.25, -0.2) is 9.58 Å². The molecule has 3 heterocycles. The average Bonchev–Trinajstić information content (AvgIpc) is 3.52. The Labute approximate surface area is 234 Å². The van der Waals surface area contributed by atoms with Crippen molar-refractivity contribution in [3.05, 3.63) is 101 Å². The highest BCUT2D eigenvalue weighted by Gasteiger charge is 2.39. The number of tetrazole rings is 1. The molecule has 3 aromatic carbocycles. The molecule has 11 heteroatoms. The molecule has 0 saturated carbocycles. The summed E-state index contributed by atoms with van der Waals surface area (Å²) < 4.78 is 14.6.